The van der Waals surface area contributed by atoms with E-state index in [9.17, 15) is 24.8 Å². The van der Waals surface area contributed by atoms with Gasteiger partial charge in [0.25, 0.3) is 11.6 Å². The molecule has 1 unspecified atom stereocenters. The first-order chi connectivity index (χ1) is 10.7. The van der Waals surface area contributed by atoms with Crippen LogP contribution in [-0.2, 0) is 4.79 Å². The number of aliphatic carboxylic acids is 1. The summed E-state index contributed by atoms with van der Waals surface area (Å²) in [5, 5.41) is 20.7. The van der Waals surface area contributed by atoms with E-state index in [0.717, 1.165) is 0 Å². The predicted octanol–water partition coefficient (Wildman–Crippen LogP) is 2.93. The molecule has 1 aromatic carbocycles. The molecule has 1 aliphatic rings. The van der Waals surface area contributed by atoms with Gasteiger partial charge in [-0.15, -0.1) is 0 Å². The van der Waals surface area contributed by atoms with E-state index in [1.54, 1.807) is 6.07 Å². The van der Waals surface area contributed by atoms with Crippen LogP contribution in [0.25, 0.3) is 0 Å². The third-order valence-electron chi connectivity index (χ3n) is 4.51. The Morgan fingerprint density at radius 1 is 1.43 bits per heavy atom. The van der Waals surface area contributed by atoms with Crippen molar-refractivity contribution in [3.8, 4) is 0 Å². The Kier molecular flexibility index (Phi) is 4.74. The second-order valence-corrected chi connectivity index (χ2v) is 6.93. The lowest BCUT2D eigenvalue weighted by molar-refractivity contribution is -0.385. The maximum atomic E-state index is 12.6. The zero-order valence-electron chi connectivity index (χ0n) is 12.8. The quantitative estimate of drug-likeness (QED) is 0.635. The molecule has 1 N–H and O–H groups in total. The lowest BCUT2D eigenvalue weighted by Gasteiger charge is -2.28. The Hall–Kier alpha value is -1.96. The summed E-state index contributed by atoms with van der Waals surface area (Å²) in [5.41, 5.74) is -1.32. The van der Waals surface area contributed by atoms with Crippen molar-refractivity contribution in [3.05, 3.63) is 38.3 Å². The molecule has 1 fully saturated rings. The number of nitro groups is 1. The molecule has 1 atom stereocenters. The van der Waals surface area contributed by atoms with Crippen LogP contribution in [0, 0.1) is 21.4 Å². The molecule has 23 heavy (non-hydrogen) atoms. The molecule has 1 heterocycles. The number of benzene rings is 1. The number of carboxylic acids is 1. The van der Waals surface area contributed by atoms with Gasteiger partial charge in [0.05, 0.1) is 10.3 Å². The van der Waals surface area contributed by atoms with Crippen molar-refractivity contribution < 1.29 is 19.6 Å². The molecule has 0 spiro atoms. The summed E-state index contributed by atoms with van der Waals surface area (Å²) in [6.07, 6.45) is 0.343. The fourth-order valence-corrected chi connectivity index (χ4v) is 3.26. The van der Waals surface area contributed by atoms with Crippen LogP contribution in [-0.4, -0.2) is 39.9 Å². The Bertz CT molecular complexity index is 676. The minimum absolute atomic E-state index is 0.0249. The number of hydrogen-bond donors (Lipinski definition) is 1. The van der Waals surface area contributed by atoms with Gasteiger partial charge < -0.3 is 10.0 Å². The van der Waals surface area contributed by atoms with Crippen molar-refractivity contribution in [2.24, 2.45) is 11.3 Å². The Morgan fingerprint density at radius 3 is 2.57 bits per heavy atom. The molecule has 7 nitrogen and oxygen atoms in total. The predicted molar refractivity (Wildman–Crippen MR) is 86.2 cm³/mol. The van der Waals surface area contributed by atoms with E-state index in [1.807, 2.05) is 13.8 Å². The van der Waals surface area contributed by atoms with E-state index in [-0.39, 0.29) is 30.3 Å². The largest absolute Gasteiger partial charge is 0.481 e. The Labute approximate surface area is 141 Å². The van der Waals surface area contributed by atoms with Crippen LogP contribution in [0.5, 0.6) is 0 Å². The lowest BCUT2D eigenvalue weighted by Crippen LogP contribution is -2.40. The van der Waals surface area contributed by atoms with Crippen molar-refractivity contribution in [2.45, 2.75) is 20.3 Å². The monoisotopic (exact) mass is 384 g/mol. The fraction of sp³-hybridized carbons (Fsp3) is 0.467. The van der Waals surface area contributed by atoms with E-state index < -0.39 is 22.2 Å². The summed E-state index contributed by atoms with van der Waals surface area (Å²) < 4.78 is 0.504. The van der Waals surface area contributed by atoms with Crippen molar-refractivity contribution >= 4 is 33.5 Å². The number of nitro benzene ring substituents is 1. The van der Waals surface area contributed by atoms with Crippen LogP contribution in [0.2, 0.25) is 0 Å². The summed E-state index contributed by atoms with van der Waals surface area (Å²) in [6.45, 7) is 3.96. The van der Waals surface area contributed by atoms with Gasteiger partial charge in [-0.2, -0.15) is 0 Å². The van der Waals surface area contributed by atoms with Gasteiger partial charge in [0, 0.05) is 23.6 Å². The number of carboxylic acid groups (broad SMARTS) is 1. The first-order valence-corrected chi connectivity index (χ1v) is 7.95. The summed E-state index contributed by atoms with van der Waals surface area (Å²) in [4.78, 5) is 36.2. The highest BCUT2D eigenvalue weighted by atomic mass is 79.9. The molecule has 8 heteroatoms. The van der Waals surface area contributed by atoms with E-state index in [2.05, 4.69) is 15.9 Å². The zero-order valence-corrected chi connectivity index (χ0v) is 14.4. The summed E-state index contributed by atoms with van der Waals surface area (Å²) >= 11 is 3.15. The highest BCUT2D eigenvalue weighted by Crippen LogP contribution is 2.39. The molecule has 1 amide bonds. The van der Waals surface area contributed by atoms with E-state index in [1.165, 1.54) is 17.0 Å². The number of halogens is 1. The molecule has 0 aliphatic carbocycles. The van der Waals surface area contributed by atoms with Crippen LogP contribution in [0.3, 0.4) is 0 Å². The summed E-state index contributed by atoms with van der Waals surface area (Å²) in [6, 6.07) is 4.22. The van der Waals surface area contributed by atoms with Crippen LogP contribution < -0.4 is 0 Å². The Morgan fingerprint density at radius 2 is 2.09 bits per heavy atom. The highest BCUT2D eigenvalue weighted by Gasteiger charge is 2.49. The first kappa shape index (κ1) is 17.4. The molecular formula is C15H17BrN2O5. The van der Waals surface area contributed by atoms with E-state index >= 15 is 0 Å². The lowest BCUT2D eigenvalue weighted by atomic mass is 9.76. The third kappa shape index (κ3) is 3.08. The van der Waals surface area contributed by atoms with Gasteiger partial charge in [0.15, 0.2) is 0 Å². The number of amides is 1. The average molecular weight is 385 g/mol. The number of hydrogen-bond acceptors (Lipinski definition) is 4. The van der Waals surface area contributed by atoms with Crippen LogP contribution in [0.4, 0.5) is 5.69 Å². The van der Waals surface area contributed by atoms with Gasteiger partial charge in [0.1, 0.15) is 5.56 Å². The van der Waals surface area contributed by atoms with Gasteiger partial charge in [-0.3, -0.25) is 19.7 Å². The second-order valence-electron chi connectivity index (χ2n) is 6.01. The van der Waals surface area contributed by atoms with Gasteiger partial charge in [-0.1, -0.05) is 29.8 Å². The third-order valence-corrected chi connectivity index (χ3v) is 5.00. The van der Waals surface area contributed by atoms with Gasteiger partial charge in [-0.25, -0.2) is 0 Å². The van der Waals surface area contributed by atoms with Crippen molar-refractivity contribution in [3.63, 3.8) is 0 Å². The molecular weight excluding hydrogens is 368 g/mol. The average Bonchev–Trinajstić information content (AvgIpc) is 2.93. The van der Waals surface area contributed by atoms with E-state index in [0.29, 0.717) is 10.9 Å². The number of likely N-dealkylation sites (tertiary alicyclic amines) is 1. The minimum atomic E-state index is -1.00. The van der Waals surface area contributed by atoms with Crippen molar-refractivity contribution in [2.75, 3.05) is 13.1 Å². The Balaban J connectivity index is 2.33. The molecule has 0 bridgehead atoms. The highest BCUT2D eigenvalue weighted by molar-refractivity contribution is 9.10. The van der Waals surface area contributed by atoms with Gasteiger partial charge in [-0.05, 0) is 24.5 Å². The van der Waals surface area contributed by atoms with Gasteiger partial charge >= 0.3 is 5.97 Å². The molecule has 0 radical (unpaired) electrons. The number of nitrogens with zero attached hydrogens (tertiary/aromatic N) is 2. The maximum absolute atomic E-state index is 12.6. The second kappa shape index (κ2) is 6.27. The topological polar surface area (TPSA) is 101 Å². The zero-order chi connectivity index (χ0) is 17.4. The number of carbonyl (C=O) groups excluding carboxylic acids is 1. The standard InChI is InChI=1S/C15H17BrN2O5/c1-9(2)15(14(20)21)5-6-17(8-15)13(19)11-4-3-10(16)7-12(11)18(22)23/h3-4,7,9H,5-6,8H2,1-2H3,(H,20,21). The number of rotatable bonds is 4. The summed E-state index contributed by atoms with van der Waals surface area (Å²) in [7, 11) is 0. The number of carbonyl (C=O) groups is 2. The van der Waals surface area contributed by atoms with Crippen LogP contribution >= 0.6 is 15.9 Å². The smallest absolute Gasteiger partial charge is 0.311 e. The molecule has 2 rings (SSSR count). The molecule has 1 saturated heterocycles. The first-order valence-electron chi connectivity index (χ1n) is 7.15. The minimum Gasteiger partial charge on any atom is -0.481 e. The maximum Gasteiger partial charge on any atom is 0.311 e. The summed E-state index contributed by atoms with van der Waals surface area (Å²) in [5.74, 6) is -1.58. The molecule has 1 aliphatic heterocycles. The normalized spacial score (nSPS) is 20.8. The molecule has 0 aromatic heterocycles. The fourth-order valence-electron chi connectivity index (χ4n) is 2.91. The van der Waals surface area contributed by atoms with Crippen molar-refractivity contribution in [1.82, 2.24) is 4.90 Å². The molecule has 124 valence electrons. The van der Waals surface area contributed by atoms with Crippen LogP contribution in [0.1, 0.15) is 30.6 Å². The van der Waals surface area contributed by atoms with Crippen LogP contribution in [0.15, 0.2) is 22.7 Å². The molecule has 0 saturated carbocycles. The van der Waals surface area contributed by atoms with Gasteiger partial charge in [0.2, 0.25) is 0 Å². The van der Waals surface area contributed by atoms with Crippen molar-refractivity contribution in [1.29, 1.82) is 0 Å². The SMILES string of the molecule is CC(C)C1(C(=O)O)CCN(C(=O)c2ccc(Br)cc2[N+](=O)[O-])C1. The van der Waals surface area contributed by atoms with E-state index in [4.69, 9.17) is 0 Å². The molecule has 1 aromatic rings.